The van der Waals surface area contributed by atoms with Gasteiger partial charge in [0.15, 0.2) is 0 Å². The van der Waals surface area contributed by atoms with Crippen molar-refractivity contribution in [2.45, 2.75) is 116 Å². The van der Waals surface area contributed by atoms with Crippen LogP contribution in [0.3, 0.4) is 0 Å². The van der Waals surface area contributed by atoms with Crippen LogP contribution < -0.4 is 0 Å². The van der Waals surface area contributed by atoms with Gasteiger partial charge in [0.05, 0.1) is 5.52 Å². The third kappa shape index (κ3) is 9.71. The van der Waals surface area contributed by atoms with Gasteiger partial charge >= 0.3 is 0 Å². The minimum absolute atomic E-state index is 1.14. The van der Waals surface area contributed by atoms with Crippen LogP contribution in [0.5, 0.6) is 0 Å². The highest BCUT2D eigenvalue weighted by Gasteiger charge is 2.01. The number of pyridine rings is 1. The molecular formula is C27H43N. The molecule has 0 aliphatic rings. The summed E-state index contributed by atoms with van der Waals surface area (Å²) in [6.07, 6.45) is 26.1. The van der Waals surface area contributed by atoms with Crippen LogP contribution in [0.25, 0.3) is 10.9 Å². The molecule has 1 heterocycles. The van der Waals surface area contributed by atoms with Gasteiger partial charge in [-0.3, -0.25) is 4.98 Å². The van der Waals surface area contributed by atoms with E-state index in [1.54, 1.807) is 0 Å². The molecule has 0 amide bonds. The van der Waals surface area contributed by atoms with Gasteiger partial charge in [0.2, 0.25) is 0 Å². The SMILES string of the molecule is CCCCCCCCCCCCCCCCCCc1ccnc2ccccc12. The monoisotopic (exact) mass is 381 g/mol. The summed E-state index contributed by atoms with van der Waals surface area (Å²) in [4.78, 5) is 4.47. The molecule has 0 aliphatic carbocycles. The van der Waals surface area contributed by atoms with Crippen LogP contribution in [0.4, 0.5) is 0 Å². The molecule has 0 N–H and O–H groups in total. The number of benzene rings is 1. The van der Waals surface area contributed by atoms with Gasteiger partial charge in [-0.1, -0.05) is 121 Å². The average Bonchev–Trinajstić information content (AvgIpc) is 2.73. The lowest BCUT2D eigenvalue weighted by atomic mass is 10.0. The molecule has 156 valence electrons. The molecule has 1 aromatic heterocycles. The Kier molecular flexibility index (Phi) is 12.7. The van der Waals surface area contributed by atoms with E-state index in [1.807, 2.05) is 6.20 Å². The van der Waals surface area contributed by atoms with E-state index in [1.165, 1.54) is 120 Å². The number of hydrogen-bond acceptors (Lipinski definition) is 1. The zero-order chi connectivity index (χ0) is 19.7. The molecule has 0 unspecified atom stereocenters. The number of fused-ring (bicyclic) bond motifs is 1. The van der Waals surface area contributed by atoms with Gasteiger partial charge in [-0.15, -0.1) is 0 Å². The Balaban J connectivity index is 1.37. The van der Waals surface area contributed by atoms with Gasteiger partial charge in [0, 0.05) is 11.6 Å². The van der Waals surface area contributed by atoms with E-state index in [4.69, 9.17) is 0 Å². The normalized spacial score (nSPS) is 11.3. The van der Waals surface area contributed by atoms with Crippen LogP contribution in [0.15, 0.2) is 36.5 Å². The smallest absolute Gasteiger partial charge is 0.0704 e. The Morgan fingerprint density at radius 3 is 1.64 bits per heavy atom. The Morgan fingerprint density at radius 2 is 1.07 bits per heavy atom. The Bertz CT molecular complexity index is 613. The van der Waals surface area contributed by atoms with E-state index in [0.717, 1.165) is 5.52 Å². The van der Waals surface area contributed by atoms with Crippen LogP contribution in [0.2, 0.25) is 0 Å². The first kappa shape index (κ1) is 22.9. The van der Waals surface area contributed by atoms with Crippen molar-refractivity contribution in [3.63, 3.8) is 0 Å². The second-order valence-electron chi connectivity index (χ2n) is 8.54. The van der Waals surface area contributed by atoms with Crippen molar-refractivity contribution in [1.82, 2.24) is 4.98 Å². The fourth-order valence-electron chi connectivity index (χ4n) is 4.24. The lowest BCUT2D eigenvalue weighted by molar-refractivity contribution is 0.529. The maximum atomic E-state index is 4.47. The maximum Gasteiger partial charge on any atom is 0.0704 e. The highest BCUT2D eigenvalue weighted by molar-refractivity contribution is 5.81. The molecule has 1 nitrogen and oxygen atoms in total. The van der Waals surface area contributed by atoms with E-state index in [9.17, 15) is 0 Å². The van der Waals surface area contributed by atoms with Crippen molar-refractivity contribution < 1.29 is 0 Å². The largest absolute Gasteiger partial charge is 0.256 e. The molecule has 0 saturated heterocycles. The number of hydrogen-bond donors (Lipinski definition) is 0. The van der Waals surface area contributed by atoms with Crippen LogP contribution in [0, 0.1) is 0 Å². The third-order valence-electron chi connectivity index (χ3n) is 6.04. The summed E-state index contributed by atoms with van der Waals surface area (Å²) in [5.74, 6) is 0. The predicted octanol–water partition coefficient (Wildman–Crippen LogP) is 9.04. The number of aromatic nitrogens is 1. The van der Waals surface area contributed by atoms with Gasteiger partial charge in [0.25, 0.3) is 0 Å². The number of para-hydroxylation sites is 1. The molecule has 0 aliphatic heterocycles. The zero-order valence-corrected chi connectivity index (χ0v) is 18.4. The minimum atomic E-state index is 1.14. The number of nitrogens with zero attached hydrogens (tertiary/aromatic N) is 1. The van der Waals surface area contributed by atoms with E-state index in [2.05, 4.69) is 42.2 Å². The van der Waals surface area contributed by atoms with Crippen molar-refractivity contribution in [2.24, 2.45) is 0 Å². The van der Waals surface area contributed by atoms with Crippen molar-refractivity contribution in [3.05, 3.63) is 42.1 Å². The summed E-state index contributed by atoms with van der Waals surface area (Å²) in [5, 5.41) is 1.34. The Hall–Kier alpha value is -1.37. The summed E-state index contributed by atoms with van der Waals surface area (Å²) < 4.78 is 0. The Morgan fingerprint density at radius 1 is 0.571 bits per heavy atom. The molecule has 2 rings (SSSR count). The minimum Gasteiger partial charge on any atom is -0.256 e. The van der Waals surface area contributed by atoms with Gasteiger partial charge in [-0.25, -0.2) is 0 Å². The van der Waals surface area contributed by atoms with Crippen molar-refractivity contribution in [3.8, 4) is 0 Å². The highest BCUT2D eigenvalue weighted by Crippen LogP contribution is 2.19. The molecule has 0 fully saturated rings. The quantitative estimate of drug-likeness (QED) is 0.249. The third-order valence-corrected chi connectivity index (χ3v) is 6.04. The molecule has 28 heavy (non-hydrogen) atoms. The second-order valence-corrected chi connectivity index (χ2v) is 8.54. The van der Waals surface area contributed by atoms with E-state index in [0.29, 0.717) is 0 Å². The fourth-order valence-corrected chi connectivity index (χ4v) is 4.24. The molecule has 1 heteroatoms. The first-order chi connectivity index (χ1) is 13.9. The lowest BCUT2D eigenvalue weighted by Gasteiger charge is -2.06. The molecule has 0 spiro atoms. The maximum absolute atomic E-state index is 4.47. The predicted molar refractivity (Wildman–Crippen MR) is 125 cm³/mol. The first-order valence-electron chi connectivity index (χ1n) is 12.2. The number of aryl methyl sites for hydroxylation is 1. The standard InChI is InChI=1S/C27H43N/c1-2-3-4-5-6-7-8-9-10-11-12-13-14-15-16-17-20-25-23-24-28-27-22-19-18-21-26(25)27/h18-19,21-24H,2-17,20H2,1H3. The second kappa shape index (κ2) is 15.5. The highest BCUT2D eigenvalue weighted by atomic mass is 14.6. The number of unbranched alkanes of at least 4 members (excludes halogenated alkanes) is 15. The molecular weight excluding hydrogens is 338 g/mol. The average molecular weight is 382 g/mol. The summed E-state index contributed by atoms with van der Waals surface area (Å²) in [5.41, 5.74) is 2.60. The van der Waals surface area contributed by atoms with Crippen molar-refractivity contribution >= 4 is 10.9 Å². The fraction of sp³-hybridized carbons (Fsp3) is 0.667. The van der Waals surface area contributed by atoms with Crippen molar-refractivity contribution in [2.75, 3.05) is 0 Å². The summed E-state index contributed by atoms with van der Waals surface area (Å²) in [6, 6.07) is 10.7. The Labute approximate surface area is 174 Å². The molecule has 0 atom stereocenters. The van der Waals surface area contributed by atoms with Gasteiger partial charge in [-0.2, -0.15) is 0 Å². The van der Waals surface area contributed by atoms with Gasteiger partial charge in [-0.05, 0) is 30.5 Å². The molecule has 0 saturated carbocycles. The topological polar surface area (TPSA) is 12.9 Å². The van der Waals surface area contributed by atoms with Crippen LogP contribution in [-0.2, 0) is 6.42 Å². The van der Waals surface area contributed by atoms with Crippen LogP contribution in [-0.4, -0.2) is 4.98 Å². The molecule has 0 bridgehead atoms. The zero-order valence-electron chi connectivity index (χ0n) is 18.4. The molecule has 2 aromatic rings. The summed E-state index contributed by atoms with van der Waals surface area (Å²) in [6.45, 7) is 2.30. The van der Waals surface area contributed by atoms with E-state index >= 15 is 0 Å². The van der Waals surface area contributed by atoms with Crippen LogP contribution >= 0.6 is 0 Å². The first-order valence-corrected chi connectivity index (χ1v) is 12.2. The summed E-state index contributed by atoms with van der Waals surface area (Å²) in [7, 11) is 0. The lowest BCUT2D eigenvalue weighted by Crippen LogP contribution is -1.90. The van der Waals surface area contributed by atoms with Gasteiger partial charge in [0.1, 0.15) is 0 Å². The number of rotatable bonds is 17. The summed E-state index contributed by atoms with van der Waals surface area (Å²) >= 11 is 0. The van der Waals surface area contributed by atoms with Crippen molar-refractivity contribution in [1.29, 1.82) is 0 Å². The van der Waals surface area contributed by atoms with Gasteiger partial charge < -0.3 is 0 Å². The molecule has 1 aromatic carbocycles. The molecule has 0 radical (unpaired) electrons. The van der Waals surface area contributed by atoms with Crippen LogP contribution in [0.1, 0.15) is 115 Å². The van der Waals surface area contributed by atoms with E-state index < -0.39 is 0 Å². The van der Waals surface area contributed by atoms with E-state index in [-0.39, 0.29) is 0 Å².